The van der Waals surface area contributed by atoms with Crippen LogP contribution < -0.4 is 5.32 Å². The minimum absolute atomic E-state index is 0.541. The summed E-state index contributed by atoms with van der Waals surface area (Å²) in [6.07, 6.45) is 0. The minimum Gasteiger partial charge on any atom is -0.319 e. The van der Waals surface area contributed by atoms with E-state index in [0.717, 1.165) is 6.54 Å². The number of aromatic nitrogens is 1. The molecule has 3 heteroatoms. The van der Waals surface area contributed by atoms with E-state index >= 15 is 0 Å². The van der Waals surface area contributed by atoms with Gasteiger partial charge in [-0.05, 0) is 13.0 Å². The lowest BCUT2D eigenvalue weighted by molar-refractivity contribution is 0.469. The first-order chi connectivity index (χ1) is 7.06. The zero-order chi connectivity index (χ0) is 11.4. The van der Waals surface area contributed by atoms with Crippen LogP contribution >= 0.6 is 11.3 Å². The third-order valence-corrected chi connectivity index (χ3v) is 3.81. The third-order valence-electron chi connectivity index (χ3n) is 2.64. The molecular weight excluding hydrogens is 204 g/mol. The average molecular weight is 226 g/mol. The first-order valence-corrected chi connectivity index (χ1v) is 6.54. The Hall–Kier alpha value is -0.410. The Morgan fingerprint density at radius 3 is 2.40 bits per heavy atom. The Bertz CT molecular complexity index is 292. The van der Waals surface area contributed by atoms with Gasteiger partial charge in [0.05, 0.1) is 10.7 Å². The van der Waals surface area contributed by atoms with Crippen LogP contribution in [0.25, 0.3) is 0 Å². The Morgan fingerprint density at radius 1 is 1.33 bits per heavy atom. The lowest BCUT2D eigenvalue weighted by atomic mass is 9.93. The molecule has 0 radical (unpaired) electrons. The highest BCUT2D eigenvalue weighted by atomic mass is 32.1. The number of nitrogens with one attached hydrogen (secondary N) is 1. The summed E-state index contributed by atoms with van der Waals surface area (Å²) in [5.74, 6) is 1.73. The predicted molar refractivity (Wildman–Crippen MR) is 67.7 cm³/mol. The molecule has 0 spiro atoms. The van der Waals surface area contributed by atoms with Crippen molar-refractivity contribution in [2.75, 3.05) is 13.6 Å². The van der Waals surface area contributed by atoms with Gasteiger partial charge in [-0.25, -0.2) is 4.98 Å². The van der Waals surface area contributed by atoms with E-state index in [1.54, 1.807) is 11.3 Å². The molecule has 1 rings (SSSR count). The molecule has 0 aromatic carbocycles. The highest BCUT2D eigenvalue weighted by Crippen LogP contribution is 2.27. The Kier molecular flexibility index (Phi) is 4.74. The maximum Gasteiger partial charge on any atom is 0.0953 e. The van der Waals surface area contributed by atoms with Crippen molar-refractivity contribution >= 4 is 11.3 Å². The molecule has 1 aromatic heterocycles. The third kappa shape index (κ3) is 3.28. The van der Waals surface area contributed by atoms with Crippen molar-refractivity contribution in [2.45, 2.75) is 39.5 Å². The fourth-order valence-electron chi connectivity index (χ4n) is 1.64. The Morgan fingerprint density at radius 2 is 2.00 bits per heavy atom. The maximum absolute atomic E-state index is 4.73. The van der Waals surface area contributed by atoms with Crippen LogP contribution in [0.4, 0.5) is 0 Å². The van der Waals surface area contributed by atoms with E-state index in [2.05, 4.69) is 38.4 Å². The van der Waals surface area contributed by atoms with Gasteiger partial charge < -0.3 is 5.32 Å². The standard InChI is InChI=1S/C12H22N2S/c1-8(2)10(6-13-5)11-7-15-12(14-11)9(3)4/h7-10,13H,6H2,1-5H3. The van der Waals surface area contributed by atoms with Gasteiger partial charge in [-0.15, -0.1) is 11.3 Å². The normalized spacial score (nSPS) is 13.8. The molecule has 2 nitrogen and oxygen atoms in total. The SMILES string of the molecule is CNCC(c1csc(C(C)C)n1)C(C)C. The molecule has 1 atom stereocenters. The molecule has 86 valence electrons. The van der Waals surface area contributed by atoms with Crippen LogP contribution in [0, 0.1) is 5.92 Å². The van der Waals surface area contributed by atoms with Gasteiger partial charge in [-0.3, -0.25) is 0 Å². The largest absolute Gasteiger partial charge is 0.319 e. The van der Waals surface area contributed by atoms with Crippen molar-refractivity contribution < 1.29 is 0 Å². The summed E-state index contributed by atoms with van der Waals surface area (Å²) in [5, 5.41) is 6.73. The zero-order valence-electron chi connectivity index (χ0n) is 10.4. The fourth-order valence-corrected chi connectivity index (χ4v) is 2.54. The lowest BCUT2D eigenvalue weighted by Gasteiger charge is -2.18. The second-order valence-electron chi connectivity index (χ2n) is 4.67. The van der Waals surface area contributed by atoms with Crippen molar-refractivity contribution in [3.8, 4) is 0 Å². The van der Waals surface area contributed by atoms with E-state index in [0.29, 0.717) is 17.8 Å². The minimum atomic E-state index is 0.541. The van der Waals surface area contributed by atoms with Gasteiger partial charge in [0, 0.05) is 23.8 Å². The molecule has 0 fully saturated rings. The summed E-state index contributed by atoms with van der Waals surface area (Å²) in [6.45, 7) is 9.93. The number of rotatable bonds is 5. The van der Waals surface area contributed by atoms with E-state index < -0.39 is 0 Å². The highest BCUT2D eigenvalue weighted by molar-refractivity contribution is 7.09. The molecule has 1 N–H and O–H groups in total. The second kappa shape index (κ2) is 5.61. The van der Waals surface area contributed by atoms with Crippen LogP contribution in [0.1, 0.15) is 50.2 Å². The molecule has 1 aromatic rings. The van der Waals surface area contributed by atoms with Crippen molar-refractivity contribution in [1.29, 1.82) is 0 Å². The van der Waals surface area contributed by atoms with E-state index in [1.807, 2.05) is 7.05 Å². The topological polar surface area (TPSA) is 24.9 Å². The van der Waals surface area contributed by atoms with E-state index in [1.165, 1.54) is 10.7 Å². The molecule has 0 saturated heterocycles. The quantitative estimate of drug-likeness (QED) is 0.834. The van der Waals surface area contributed by atoms with Gasteiger partial charge in [0.15, 0.2) is 0 Å². The van der Waals surface area contributed by atoms with Crippen LogP contribution in [0.15, 0.2) is 5.38 Å². The number of hydrogen-bond acceptors (Lipinski definition) is 3. The van der Waals surface area contributed by atoms with Gasteiger partial charge in [0.25, 0.3) is 0 Å². The molecule has 1 unspecified atom stereocenters. The van der Waals surface area contributed by atoms with Gasteiger partial charge in [0.2, 0.25) is 0 Å². The van der Waals surface area contributed by atoms with E-state index in [9.17, 15) is 0 Å². The van der Waals surface area contributed by atoms with Crippen molar-refractivity contribution in [1.82, 2.24) is 10.3 Å². The summed E-state index contributed by atoms with van der Waals surface area (Å²) in [6, 6.07) is 0. The number of nitrogens with zero attached hydrogens (tertiary/aromatic N) is 1. The van der Waals surface area contributed by atoms with Gasteiger partial charge in [-0.2, -0.15) is 0 Å². The molecule has 0 aliphatic rings. The molecule has 15 heavy (non-hydrogen) atoms. The monoisotopic (exact) mass is 226 g/mol. The smallest absolute Gasteiger partial charge is 0.0953 e. The molecule has 1 heterocycles. The lowest BCUT2D eigenvalue weighted by Crippen LogP contribution is -2.21. The number of thiazole rings is 1. The number of likely N-dealkylation sites (N-methyl/N-ethyl adjacent to an activating group) is 1. The van der Waals surface area contributed by atoms with Crippen LogP contribution in [0.5, 0.6) is 0 Å². The molecular formula is C12H22N2S. The first kappa shape index (κ1) is 12.7. The summed E-state index contributed by atoms with van der Waals surface area (Å²) >= 11 is 1.79. The average Bonchev–Trinajstić information content (AvgIpc) is 2.62. The van der Waals surface area contributed by atoms with Crippen molar-refractivity contribution in [2.24, 2.45) is 5.92 Å². The Balaban J connectivity index is 2.81. The summed E-state index contributed by atoms with van der Waals surface area (Å²) < 4.78 is 0. The summed E-state index contributed by atoms with van der Waals surface area (Å²) in [7, 11) is 2.01. The van der Waals surface area contributed by atoms with Gasteiger partial charge in [-0.1, -0.05) is 27.7 Å². The number of hydrogen-bond donors (Lipinski definition) is 1. The van der Waals surface area contributed by atoms with E-state index in [4.69, 9.17) is 4.98 Å². The van der Waals surface area contributed by atoms with Crippen LogP contribution in [0.2, 0.25) is 0 Å². The van der Waals surface area contributed by atoms with E-state index in [-0.39, 0.29) is 0 Å². The second-order valence-corrected chi connectivity index (χ2v) is 5.56. The molecule has 0 aliphatic heterocycles. The maximum atomic E-state index is 4.73. The Labute approximate surface area is 97.1 Å². The molecule has 0 saturated carbocycles. The first-order valence-electron chi connectivity index (χ1n) is 5.66. The fraction of sp³-hybridized carbons (Fsp3) is 0.750. The van der Waals surface area contributed by atoms with Crippen molar-refractivity contribution in [3.05, 3.63) is 16.1 Å². The molecule has 0 amide bonds. The van der Waals surface area contributed by atoms with Gasteiger partial charge >= 0.3 is 0 Å². The summed E-state index contributed by atoms with van der Waals surface area (Å²) in [5.41, 5.74) is 1.26. The van der Waals surface area contributed by atoms with Gasteiger partial charge in [0.1, 0.15) is 0 Å². The molecule has 0 aliphatic carbocycles. The summed E-state index contributed by atoms with van der Waals surface area (Å²) in [4.78, 5) is 4.73. The van der Waals surface area contributed by atoms with Crippen LogP contribution in [0.3, 0.4) is 0 Å². The highest BCUT2D eigenvalue weighted by Gasteiger charge is 2.18. The van der Waals surface area contributed by atoms with Crippen molar-refractivity contribution in [3.63, 3.8) is 0 Å². The predicted octanol–water partition coefficient (Wildman–Crippen LogP) is 3.23. The van der Waals surface area contributed by atoms with Crippen LogP contribution in [-0.4, -0.2) is 18.6 Å². The molecule has 0 bridgehead atoms. The van der Waals surface area contributed by atoms with Crippen LogP contribution in [-0.2, 0) is 0 Å². The zero-order valence-corrected chi connectivity index (χ0v) is 11.2.